The Morgan fingerprint density at radius 2 is 1.55 bits per heavy atom. The first-order chi connectivity index (χ1) is 15.1. The number of esters is 1. The van der Waals surface area contributed by atoms with Gasteiger partial charge in [0, 0.05) is 6.04 Å². The summed E-state index contributed by atoms with van der Waals surface area (Å²) in [6.45, 7) is -0.305. The SMILES string of the molecule is O=C(COC(=O)C1C2CC3CC(C2)CC1C3)Nc1ccccc1C(=O)NC1CCCC1. The first-order valence-electron chi connectivity index (χ1n) is 11.9. The summed E-state index contributed by atoms with van der Waals surface area (Å²) in [5, 5.41) is 5.82. The van der Waals surface area contributed by atoms with Crippen molar-refractivity contribution in [2.24, 2.45) is 29.6 Å². The van der Waals surface area contributed by atoms with Gasteiger partial charge in [-0.1, -0.05) is 25.0 Å². The Hall–Kier alpha value is -2.37. The van der Waals surface area contributed by atoms with E-state index in [9.17, 15) is 14.4 Å². The maximum absolute atomic E-state index is 12.8. The molecule has 0 radical (unpaired) electrons. The van der Waals surface area contributed by atoms with Crippen LogP contribution in [0.5, 0.6) is 0 Å². The van der Waals surface area contributed by atoms with E-state index in [0.717, 1.165) is 63.2 Å². The molecule has 0 aromatic heterocycles. The van der Waals surface area contributed by atoms with E-state index >= 15 is 0 Å². The molecule has 2 amide bonds. The molecule has 4 bridgehead atoms. The molecule has 5 saturated carbocycles. The minimum atomic E-state index is -0.404. The van der Waals surface area contributed by atoms with Crippen molar-refractivity contribution in [3.8, 4) is 0 Å². The van der Waals surface area contributed by atoms with Gasteiger partial charge in [-0.25, -0.2) is 0 Å². The fraction of sp³-hybridized carbons (Fsp3) is 0.640. The lowest BCUT2D eigenvalue weighted by atomic mass is 9.52. The monoisotopic (exact) mass is 424 g/mol. The molecule has 31 heavy (non-hydrogen) atoms. The Balaban J connectivity index is 1.16. The van der Waals surface area contributed by atoms with Crippen LogP contribution >= 0.6 is 0 Å². The van der Waals surface area contributed by atoms with Gasteiger partial charge in [0.05, 0.1) is 17.2 Å². The predicted molar refractivity (Wildman–Crippen MR) is 116 cm³/mol. The smallest absolute Gasteiger partial charge is 0.310 e. The van der Waals surface area contributed by atoms with Gasteiger partial charge in [0.25, 0.3) is 11.8 Å². The number of benzene rings is 1. The highest BCUT2D eigenvalue weighted by Crippen LogP contribution is 2.56. The maximum Gasteiger partial charge on any atom is 0.310 e. The van der Waals surface area contributed by atoms with Gasteiger partial charge in [-0.3, -0.25) is 14.4 Å². The molecule has 6 nitrogen and oxygen atoms in total. The molecule has 6 rings (SSSR count). The number of nitrogens with one attached hydrogen (secondary N) is 2. The van der Waals surface area contributed by atoms with Crippen molar-refractivity contribution in [2.75, 3.05) is 11.9 Å². The Labute approximate surface area is 183 Å². The lowest BCUT2D eigenvalue weighted by Crippen LogP contribution is -2.48. The Bertz CT molecular complexity index is 833. The first kappa shape index (κ1) is 20.5. The van der Waals surface area contributed by atoms with Crippen LogP contribution in [0.1, 0.15) is 68.1 Å². The Morgan fingerprint density at radius 3 is 2.23 bits per heavy atom. The quantitative estimate of drug-likeness (QED) is 0.678. The van der Waals surface area contributed by atoms with Gasteiger partial charge < -0.3 is 15.4 Å². The summed E-state index contributed by atoms with van der Waals surface area (Å²) in [7, 11) is 0. The molecule has 6 heteroatoms. The minimum Gasteiger partial charge on any atom is -0.455 e. The number of carbonyl (C=O) groups is 3. The average Bonchev–Trinajstić information content (AvgIpc) is 3.25. The van der Waals surface area contributed by atoms with E-state index in [1.54, 1.807) is 24.3 Å². The highest BCUT2D eigenvalue weighted by Gasteiger charge is 2.51. The van der Waals surface area contributed by atoms with Crippen LogP contribution in [0.25, 0.3) is 0 Å². The first-order valence-corrected chi connectivity index (χ1v) is 11.9. The van der Waals surface area contributed by atoms with E-state index in [4.69, 9.17) is 4.74 Å². The largest absolute Gasteiger partial charge is 0.455 e. The third-order valence-electron chi connectivity index (χ3n) is 7.98. The molecule has 0 heterocycles. The van der Waals surface area contributed by atoms with Crippen LogP contribution in [0.4, 0.5) is 5.69 Å². The lowest BCUT2D eigenvalue weighted by molar-refractivity contribution is -0.164. The molecule has 0 aliphatic heterocycles. The van der Waals surface area contributed by atoms with Crippen molar-refractivity contribution in [3.63, 3.8) is 0 Å². The second kappa shape index (κ2) is 8.64. The zero-order valence-corrected chi connectivity index (χ0v) is 18.0. The number of amides is 2. The van der Waals surface area contributed by atoms with Crippen molar-refractivity contribution in [2.45, 2.75) is 63.8 Å². The molecule has 0 spiro atoms. The topological polar surface area (TPSA) is 84.5 Å². The van der Waals surface area contributed by atoms with E-state index < -0.39 is 5.91 Å². The summed E-state index contributed by atoms with van der Waals surface area (Å²) in [6, 6.07) is 7.19. The zero-order valence-electron chi connectivity index (χ0n) is 18.0. The highest BCUT2D eigenvalue weighted by molar-refractivity contribution is 6.04. The van der Waals surface area contributed by atoms with Crippen molar-refractivity contribution in [3.05, 3.63) is 29.8 Å². The number of ether oxygens (including phenoxy) is 1. The van der Waals surface area contributed by atoms with Crippen LogP contribution in [0, 0.1) is 29.6 Å². The van der Waals surface area contributed by atoms with Gasteiger partial charge in [-0.05, 0) is 80.8 Å². The fourth-order valence-electron chi connectivity index (χ4n) is 6.85. The Morgan fingerprint density at radius 1 is 0.903 bits per heavy atom. The molecule has 0 unspecified atom stereocenters. The van der Waals surface area contributed by atoms with Gasteiger partial charge in [-0.2, -0.15) is 0 Å². The van der Waals surface area contributed by atoms with Gasteiger partial charge in [0.2, 0.25) is 0 Å². The van der Waals surface area contributed by atoms with E-state index in [0.29, 0.717) is 23.1 Å². The van der Waals surface area contributed by atoms with Gasteiger partial charge in [0.1, 0.15) is 0 Å². The van der Waals surface area contributed by atoms with Crippen molar-refractivity contribution in [1.29, 1.82) is 0 Å². The minimum absolute atomic E-state index is 0.0370. The highest BCUT2D eigenvalue weighted by atomic mass is 16.5. The normalized spacial score (nSPS) is 31.4. The molecule has 1 aromatic carbocycles. The molecular formula is C25H32N2O4. The number of anilines is 1. The second-order valence-electron chi connectivity index (χ2n) is 10.1. The van der Waals surface area contributed by atoms with E-state index in [1.165, 1.54) is 6.42 Å². The zero-order chi connectivity index (χ0) is 21.4. The summed E-state index contributed by atoms with van der Waals surface area (Å²) >= 11 is 0. The number of rotatable bonds is 6. The third-order valence-corrected chi connectivity index (χ3v) is 7.98. The van der Waals surface area contributed by atoms with Crippen molar-refractivity contribution in [1.82, 2.24) is 5.32 Å². The van der Waals surface area contributed by atoms with E-state index in [1.807, 2.05) is 0 Å². The van der Waals surface area contributed by atoms with Crippen LogP contribution in [-0.2, 0) is 14.3 Å². The number of carbonyl (C=O) groups excluding carboxylic acids is 3. The van der Waals surface area contributed by atoms with Crippen LogP contribution in [-0.4, -0.2) is 30.4 Å². The van der Waals surface area contributed by atoms with Crippen LogP contribution in [0.15, 0.2) is 24.3 Å². The molecule has 5 aliphatic rings. The second-order valence-corrected chi connectivity index (χ2v) is 10.1. The summed E-state index contributed by atoms with van der Waals surface area (Å²) < 4.78 is 5.46. The lowest BCUT2D eigenvalue weighted by Gasteiger charge is -2.53. The number of hydrogen-bond acceptors (Lipinski definition) is 4. The summed E-state index contributed by atoms with van der Waals surface area (Å²) in [6.07, 6.45) is 10.2. The molecule has 5 aliphatic carbocycles. The van der Waals surface area contributed by atoms with Crippen molar-refractivity contribution < 1.29 is 19.1 Å². The number of hydrogen-bond donors (Lipinski definition) is 2. The average molecular weight is 425 g/mol. The summed E-state index contributed by atoms with van der Waals surface area (Å²) in [5.41, 5.74) is 0.892. The third kappa shape index (κ3) is 4.35. The van der Waals surface area contributed by atoms with Crippen LogP contribution < -0.4 is 10.6 Å². The molecule has 1 aromatic rings. The summed E-state index contributed by atoms with van der Waals surface area (Å²) in [4.78, 5) is 38.0. The van der Waals surface area contributed by atoms with Gasteiger partial charge in [-0.15, -0.1) is 0 Å². The van der Waals surface area contributed by atoms with Gasteiger partial charge in [0.15, 0.2) is 6.61 Å². The fourth-order valence-corrected chi connectivity index (χ4v) is 6.85. The van der Waals surface area contributed by atoms with E-state index in [2.05, 4.69) is 10.6 Å². The van der Waals surface area contributed by atoms with Crippen LogP contribution in [0.3, 0.4) is 0 Å². The maximum atomic E-state index is 12.8. The predicted octanol–water partition coefficient (Wildman–Crippen LogP) is 3.91. The van der Waals surface area contributed by atoms with Crippen molar-refractivity contribution >= 4 is 23.5 Å². The molecule has 0 atom stereocenters. The summed E-state index contributed by atoms with van der Waals surface area (Å²) in [5.74, 6) is 1.63. The molecule has 2 N–H and O–H groups in total. The van der Waals surface area contributed by atoms with Gasteiger partial charge >= 0.3 is 5.97 Å². The molecule has 166 valence electrons. The molecular weight excluding hydrogens is 392 g/mol. The van der Waals surface area contributed by atoms with Crippen LogP contribution in [0.2, 0.25) is 0 Å². The Kier molecular flexibility index (Phi) is 5.72. The molecule has 5 fully saturated rings. The standard InChI is InChI=1S/C25H32N2O4/c28-22(14-31-25(30)23-17-10-15-9-16(12-17)13-18(23)11-15)27-21-8-4-3-7-20(21)24(29)26-19-5-1-2-6-19/h3-4,7-8,15-19,23H,1-2,5-6,9-14H2,(H,26,29)(H,27,28). The van der Waals surface area contributed by atoms with E-state index in [-0.39, 0.29) is 30.4 Å². The molecule has 0 saturated heterocycles. The number of para-hydroxylation sites is 1.